The van der Waals surface area contributed by atoms with Crippen LogP contribution in [0, 0.1) is 11.3 Å². The van der Waals surface area contributed by atoms with Crippen molar-refractivity contribution in [2.24, 2.45) is 0 Å². The van der Waals surface area contributed by atoms with Crippen molar-refractivity contribution in [3.05, 3.63) is 29.8 Å². The van der Waals surface area contributed by atoms with E-state index in [4.69, 9.17) is 5.26 Å². The summed E-state index contributed by atoms with van der Waals surface area (Å²) in [5.41, 5.74) is 0.104. The number of hydrogen-bond acceptors (Lipinski definition) is 4. The molecule has 1 saturated heterocycles. The van der Waals surface area contributed by atoms with E-state index in [0.29, 0.717) is 24.1 Å². The molecule has 0 unspecified atom stereocenters. The third kappa shape index (κ3) is 2.95. The predicted molar refractivity (Wildman–Crippen MR) is 90.5 cm³/mol. The first-order valence-electron chi connectivity index (χ1n) is 8.38. The number of rotatable bonds is 3. The smallest absolute Gasteiger partial charge is 0.324 e. The highest BCUT2D eigenvalue weighted by molar-refractivity contribution is 6.10. The second kappa shape index (κ2) is 6.55. The largest absolute Gasteiger partial charge is 0.327 e. The summed E-state index contributed by atoms with van der Waals surface area (Å²) in [6.45, 7) is -0.319. The van der Waals surface area contributed by atoms with Crippen LogP contribution in [0.3, 0.4) is 0 Å². The van der Waals surface area contributed by atoms with Crippen LogP contribution in [0.1, 0.15) is 37.7 Å². The maximum atomic E-state index is 12.8. The number of nitrogens with zero attached hydrogens (tertiary/aromatic N) is 3. The molecule has 0 aromatic heterocycles. The Morgan fingerprint density at radius 3 is 2.68 bits per heavy atom. The minimum atomic E-state index is -0.781. The van der Waals surface area contributed by atoms with Gasteiger partial charge in [-0.05, 0) is 31.0 Å². The zero-order valence-corrected chi connectivity index (χ0v) is 14.1. The molecule has 1 aliphatic carbocycles. The fraction of sp³-hybridized carbons (Fsp3) is 0.444. The first-order chi connectivity index (χ1) is 12.0. The van der Waals surface area contributed by atoms with E-state index in [0.717, 1.165) is 24.2 Å². The fourth-order valence-electron chi connectivity index (χ4n) is 3.68. The van der Waals surface area contributed by atoms with E-state index in [9.17, 15) is 14.4 Å². The van der Waals surface area contributed by atoms with Gasteiger partial charge < -0.3 is 10.2 Å². The molecule has 25 heavy (non-hydrogen) atoms. The zero-order chi connectivity index (χ0) is 18.0. The highest BCUT2D eigenvalue weighted by atomic mass is 16.2. The van der Waals surface area contributed by atoms with Crippen molar-refractivity contribution in [1.29, 1.82) is 5.26 Å². The standard InChI is InChI=1S/C18H20N4O3/c1-21-17(25)22(16(24)18(21)8-3-2-4-9-18)12-15(23)20-14-7-5-6-13(10-14)11-19/h5-7,10H,2-4,8-9,12H2,1H3,(H,20,23). The molecule has 4 amide bonds. The first-order valence-corrected chi connectivity index (χ1v) is 8.38. The van der Waals surface area contributed by atoms with Gasteiger partial charge in [0.25, 0.3) is 5.91 Å². The Morgan fingerprint density at radius 2 is 2.00 bits per heavy atom. The fourth-order valence-corrected chi connectivity index (χ4v) is 3.68. The van der Waals surface area contributed by atoms with Gasteiger partial charge in [-0.1, -0.05) is 25.3 Å². The molecule has 2 aliphatic rings. The summed E-state index contributed by atoms with van der Waals surface area (Å²) in [6.07, 6.45) is 4.17. The number of benzene rings is 1. The maximum absolute atomic E-state index is 12.8. The topological polar surface area (TPSA) is 93.5 Å². The molecule has 0 radical (unpaired) electrons. The lowest BCUT2D eigenvalue weighted by atomic mass is 9.81. The van der Waals surface area contributed by atoms with Crippen molar-refractivity contribution < 1.29 is 14.4 Å². The molecule has 1 aliphatic heterocycles. The summed E-state index contributed by atoms with van der Waals surface area (Å²) in [4.78, 5) is 40.1. The normalized spacial score (nSPS) is 19.2. The molecule has 1 aromatic rings. The highest BCUT2D eigenvalue weighted by Crippen LogP contribution is 2.39. The number of nitrogens with one attached hydrogen (secondary N) is 1. The van der Waals surface area contributed by atoms with Crippen molar-refractivity contribution >= 4 is 23.5 Å². The van der Waals surface area contributed by atoms with E-state index in [1.807, 2.05) is 6.07 Å². The van der Waals surface area contributed by atoms with Gasteiger partial charge in [-0.2, -0.15) is 5.26 Å². The Balaban J connectivity index is 1.71. The van der Waals surface area contributed by atoms with Gasteiger partial charge in [0.1, 0.15) is 12.1 Å². The Labute approximate surface area is 146 Å². The van der Waals surface area contributed by atoms with Crippen LogP contribution in [-0.2, 0) is 9.59 Å². The molecule has 1 spiro atoms. The minimum absolute atomic E-state index is 0.277. The number of carbonyl (C=O) groups is 3. The summed E-state index contributed by atoms with van der Waals surface area (Å²) in [5, 5.41) is 11.5. The molecular weight excluding hydrogens is 320 g/mol. The van der Waals surface area contributed by atoms with Gasteiger partial charge >= 0.3 is 6.03 Å². The third-order valence-electron chi connectivity index (χ3n) is 5.06. The Bertz CT molecular complexity index is 762. The van der Waals surface area contributed by atoms with E-state index in [1.165, 1.54) is 4.90 Å². The van der Waals surface area contributed by atoms with Gasteiger partial charge in [0.15, 0.2) is 0 Å². The van der Waals surface area contributed by atoms with Crippen LogP contribution in [0.15, 0.2) is 24.3 Å². The Morgan fingerprint density at radius 1 is 1.28 bits per heavy atom. The van der Waals surface area contributed by atoms with E-state index in [2.05, 4.69) is 5.32 Å². The van der Waals surface area contributed by atoms with Crippen molar-refractivity contribution in [3.8, 4) is 6.07 Å². The minimum Gasteiger partial charge on any atom is -0.324 e. The van der Waals surface area contributed by atoms with Crippen LogP contribution < -0.4 is 5.32 Å². The SMILES string of the molecule is CN1C(=O)N(CC(=O)Nc2cccc(C#N)c2)C(=O)C12CCCCC2. The Hall–Kier alpha value is -2.88. The average molecular weight is 340 g/mol. The molecule has 2 fully saturated rings. The highest BCUT2D eigenvalue weighted by Gasteiger charge is 2.55. The number of nitriles is 1. The molecule has 7 heteroatoms. The average Bonchev–Trinajstić information content (AvgIpc) is 2.79. The summed E-state index contributed by atoms with van der Waals surface area (Å²) >= 11 is 0. The second-order valence-corrected chi connectivity index (χ2v) is 6.57. The first kappa shape index (κ1) is 17.0. The van der Waals surface area contributed by atoms with Crippen LogP contribution >= 0.6 is 0 Å². The van der Waals surface area contributed by atoms with E-state index in [1.54, 1.807) is 31.3 Å². The lowest BCUT2D eigenvalue weighted by Gasteiger charge is -2.35. The molecule has 3 rings (SSSR count). The summed E-state index contributed by atoms with van der Waals surface area (Å²) < 4.78 is 0. The van der Waals surface area contributed by atoms with Crippen molar-refractivity contribution in [1.82, 2.24) is 9.80 Å². The number of amides is 4. The quantitative estimate of drug-likeness (QED) is 0.853. The molecule has 130 valence electrons. The van der Waals surface area contributed by atoms with Crippen LogP contribution in [0.5, 0.6) is 0 Å². The van der Waals surface area contributed by atoms with Gasteiger partial charge in [0.05, 0.1) is 11.6 Å². The molecule has 0 atom stereocenters. The lowest BCUT2D eigenvalue weighted by Crippen LogP contribution is -2.49. The van der Waals surface area contributed by atoms with Crippen molar-refractivity contribution in [3.63, 3.8) is 0 Å². The molecule has 1 N–H and O–H groups in total. The maximum Gasteiger partial charge on any atom is 0.327 e. The molecule has 1 heterocycles. The molecular formula is C18H20N4O3. The molecule has 7 nitrogen and oxygen atoms in total. The predicted octanol–water partition coefficient (Wildman–Crippen LogP) is 2.09. The number of likely N-dealkylation sites (N-methyl/N-ethyl adjacent to an activating group) is 1. The van der Waals surface area contributed by atoms with E-state index in [-0.39, 0.29) is 12.5 Å². The molecule has 1 aromatic carbocycles. The number of hydrogen-bond donors (Lipinski definition) is 1. The lowest BCUT2D eigenvalue weighted by molar-refractivity contribution is -0.136. The van der Waals surface area contributed by atoms with Gasteiger partial charge in [-0.3, -0.25) is 14.5 Å². The van der Waals surface area contributed by atoms with Gasteiger partial charge in [-0.25, -0.2) is 4.79 Å². The Kier molecular flexibility index (Phi) is 4.45. The monoisotopic (exact) mass is 340 g/mol. The van der Waals surface area contributed by atoms with Crippen LogP contribution in [0.4, 0.5) is 10.5 Å². The molecule has 0 bridgehead atoms. The van der Waals surface area contributed by atoms with Crippen LogP contribution in [0.2, 0.25) is 0 Å². The van der Waals surface area contributed by atoms with Crippen molar-refractivity contribution in [2.45, 2.75) is 37.6 Å². The van der Waals surface area contributed by atoms with Gasteiger partial charge in [-0.15, -0.1) is 0 Å². The number of carbonyl (C=O) groups excluding carboxylic acids is 3. The van der Waals surface area contributed by atoms with Crippen LogP contribution in [0.25, 0.3) is 0 Å². The number of imide groups is 1. The van der Waals surface area contributed by atoms with Gasteiger partial charge in [0.2, 0.25) is 5.91 Å². The van der Waals surface area contributed by atoms with Gasteiger partial charge in [0, 0.05) is 12.7 Å². The summed E-state index contributed by atoms with van der Waals surface area (Å²) in [6, 6.07) is 8.06. The number of urea groups is 1. The van der Waals surface area contributed by atoms with E-state index < -0.39 is 17.5 Å². The second-order valence-electron chi connectivity index (χ2n) is 6.57. The third-order valence-corrected chi connectivity index (χ3v) is 5.06. The molecule has 1 saturated carbocycles. The summed E-state index contributed by atoms with van der Waals surface area (Å²) in [7, 11) is 1.64. The summed E-state index contributed by atoms with van der Waals surface area (Å²) in [5.74, 6) is -0.737. The zero-order valence-electron chi connectivity index (χ0n) is 14.1. The van der Waals surface area contributed by atoms with E-state index >= 15 is 0 Å². The van der Waals surface area contributed by atoms with Crippen LogP contribution in [-0.4, -0.2) is 46.8 Å². The number of anilines is 1. The van der Waals surface area contributed by atoms with Crippen molar-refractivity contribution in [2.75, 3.05) is 18.9 Å².